The number of carbonyl (C=O) groups excluding carboxylic acids is 3. The number of rotatable bonds is 8. The van der Waals surface area contributed by atoms with Crippen LogP contribution in [-0.4, -0.2) is 36.1 Å². The molecule has 0 atom stereocenters. The maximum Gasteiger partial charge on any atom is 0.364 e. The maximum atomic E-state index is 12.3. The van der Waals surface area contributed by atoms with Crippen LogP contribution in [0.4, 0.5) is 0 Å². The van der Waals surface area contributed by atoms with Crippen molar-refractivity contribution in [3.05, 3.63) is 23.8 Å². The fourth-order valence-electron chi connectivity index (χ4n) is 2.09. The predicted molar refractivity (Wildman–Crippen MR) is 84.5 cm³/mol. The summed E-state index contributed by atoms with van der Waals surface area (Å²) >= 11 is 0. The summed E-state index contributed by atoms with van der Waals surface area (Å²) in [6.45, 7) is 4.93. The zero-order chi connectivity index (χ0) is 17.5. The van der Waals surface area contributed by atoms with Crippen LogP contribution in [0.2, 0.25) is 0 Å². The molecule has 1 heterocycles. The minimum atomic E-state index is -0.804. The summed E-state index contributed by atoms with van der Waals surface area (Å²) in [6.07, 6.45) is 1.74. The molecule has 1 aromatic rings. The fraction of sp³-hybridized carbons (Fsp3) is 0.471. The Morgan fingerprint density at radius 1 is 0.958 bits per heavy atom. The number of nitrogens with zero attached hydrogens (tertiary/aromatic N) is 1. The minimum absolute atomic E-state index is 0.0522. The summed E-state index contributed by atoms with van der Waals surface area (Å²) in [6, 6.07) is 4.69. The largest absolute Gasteiger partial charge is 0.493 e. The Balaban J connectivity index is 2.17. The predicted octanol–water partition coefficient (Wildman–Crippen LogP) is 2.49. The molecule has 1 saturated heterocycles. The SMILES string of the molecule is CCCOc1cc(OCCC)cc(C(=O)ON2C(=O)CCC2=O)c1. The van der Waals surface area contributed by atoms with Gasteiger partial charge in [0, 0.05) is 18.9 Å². The van der Waals surface area contributed by atoms with Gasteiger partial charge < -0.3 is 14.3 Å². The molecule has 1 fully saturated rings. The molecular weight excluding hydrogens is 314 g/mol. The molecule has 0 spiro atoms. The lowest BCUT2D eigenvalue weighted by atomic mass is 10.2. The van der Waals surface area contributed by atoms with Crippen molar-refractivity contribution in [2.24, 2.45) is 0 Å². The van der Waals surface area contributed by atoms with Gasteiger partial charge in [0.05, 0.1) is 18.8 Å². The molecule has 7 heteroatoms. The van der Waals surface area contributed by atoms with Gasteiger partial charge in [0.2, 0.25) is 0 Å². The summed E-state index contributed by atoms with van der Waals surface area (Å²) in [5.74, 6) is -0.904. The van der Waals surface area contributed by atoms with Crippen molar-refractivity contribution < 1.29 is 28.7 Å². The van der Waals surface area contributed by atoms with Gasteiger partial charge in [-0.25, -0.2) is 4.79 Å². The molecule has 1 aliphatic heterocycles. The van der Waals surface area contributed by atoms with Crippen LogP contribution in [0, 0.1) is 0 Å². The first-order valence-electron chi connectivity index (χ1n) is 8.04. The molecule has 0 saturated carbocycles. The van der Waals surface area contributed by atoms with Crippen molar-refractivity contribution >= 4 is 17.8 Å². The van der Waals surface area contributed by atoms with Gasteiger partial charge in [-0.3, -0.25) is 9.59 Å². The van der Waals surface area contributed by atoms with Crippen molar-refractivity contribution in [2.45, 2.75) is 39.5 Å². The van der Waals surface area contributed by atoms with Gasteiger partial charge in [0.1, 0.15) is 11.5 Å². The number of benzene rings is 1. The Morgan fingerprint density at radius 2 is 1.46 bits per heavy atom. The third kappa shape index (κ3) is 4.47. The van der Waals surface area contributed by atoms with Crippen molar-refractivity contribution in [1.82, 2.24) is 5.06 Å². The van der Waals surface area contributed by atoms with Gasteiger partial charge in [-0.2, -0.15) is 0 Å². The van der Waals surface area contributed by atoms with E-state index in [1.54, 1.807) is 6.07 Å². The molecule has 2 rings (SSSR count). The number of imide groups is 1. The van der Waals surface area contributed by atoms with Crippen LogP contribution < -0.4 is 9.47 Å². The lowest BCUT2D eigenvalue weighted by molar-refractivity contribution is -0.172. The molecule has 0 radical (unpaired) electrons. The highest BCUT2D eigenvalue weighted by Gasteiger charge is 2.33. The smallest absolute Gasteiger partial charge is 0.364 e. The van der Waals surface area contributed by atoms with E-state index in [2.05, 4.69) is 0 Å². The zero-order valence-corrected chi connectivity index (χ0v) is 13.9. The highest BCUT2D eigenvalue weighted by molar-refractivity contribution is 6.02. The van der Waals surface area contributed by atoms with E-state index >= 15 is 0 Å². The third-order valence-electron chi connectivity index (χ3n) is 3.24. The first-order valence-corrected chi connectivity index (χ1v) is 8.04. The molecular formula is C17H21NO6. The van der Waals surface area contributed by atoms with Gasteiger partial charge in [0.15, 0.2) is 0 Å². The highest BCUT2D eigenvalue weighted by atomic mass is 16.7. The van der Waals surface area contributed by atoms with E-state index in [4.69, 9.17) is 14.3 Å². The van der Waals surface area contributed by atoms with Crippen LogP contribution in [0.15, 0.2) is 18.2 Å². The first-order chi connectivity index (χ1) is 11.5. The summed E-state index contributed by atoms with van der Waals surface area (Å²) in [5.41, 5.74) is 0.155. The Bertz CT molecular complexity index is 585. The van der Waals surface area contributed by atoms with Gasteiger partial charge in [-0.05, 0) is 25.0 Å². The van der Waals surface area contributed by atoms with E-state index in [-0.39, 0.29) is 18.4 Å². The van der Waals surface area contributed by atoms with Gasteiger partial charge in [0.25, 0.3) is 11.8 Å². The molecule has 7 nitrogen and oxygen atoms in total. The van der Waals surface area contributed by atoms with Crippen LogP contribution in [0.1, 0.15) is 49.9 Å². The highest BCUT2D eigenvalue weighted by Crippen LogP contribution is 2.25. The zero-order valence-electron chi connectivity index (χ0n) is 13.9. The molecule has 130 valence electrons. The number of ether oxygens (including phenoxy) is 2. The summed E-state index contributed by atoms with van der Waals surface area (Å²) in [7, 11) is 0. The van der Waals surface area contributed by atoms with Crippen LogP contribution in [-0.2, 0) is 14.4 Å². The molecule has 1 aliphatic rings. The summed E-state index contributed by atoms with van der Waals surface area (Å²) < 4.78 is 11.1. The molecule has 0 bridgehead atoms. The Hall–Kier alpha value is -2.57. The third-order valence-corrected chi connectivity index (χ3v) is 3.24. The van der Waals surface area contributed by atoms with Crippen molar-refractivity contribution in [3.63, 3.8) is 0 Å². The van der Waals surface area contributed by atoms with Crippen LogP contribution in [0.25, 0.3) is 0 Å². The van der Waals surface area contributed by atoms with Gasteiger partial charge >= 0.3 is 5.97 Å². The normalized spacial score (nSPS) is 14.0. The fourth-order valence-corrected chi connectivity index (χ4v) is 2.09. The van der Waals surface area contributed by atoms with E-state index < -0.39 is 17.8 Å². The second-order valence-corrected chi connectivity index (χ2v) is 5.35. The summed E-state index contributed by atoms with van der Waals surface area (Å²) in [4.78, 5) is 40.3. The van der Waals surface area contributed by atoms with Gasteiger partial charge in [-0.15, -0.1) is 5.06 Å². The first kappa shape index (κ1) is 17.8. The maximum absolute atomic E-state index is 12.3. The van der Waals surface area contributed by atoms with E-state index in [9.17, 15) is 14.4 Å². The Labute approximate surface area is 140 Å². The molecule has 0 unspecified atom stereocenters. The Kier molecular flexibility index (Phi) is 6.17. The molecule has 24 heavy (non-hydrogen) atoms. The number of amides is 2. The lowest BCUT2D eigenvalue weighted by Crippen LogP contribution is -2.32. The quantitative estimate of drug-likeness (QED) is 0.679. The summed E-state index contributed by atoms with van der Waals surface area (Å²) in [5, 5.41) is 0.522. The number of carbonyl (C=O) groups is 3. The molecule has 1 aromatic carbocycles. The van der Waals surface area contributed by atoms with E-state index in [1.165, 1.54) is 12.1 Å². The van der Waals surface area contributed by atoms with Crippen molar-refractivity contribution in [2.75, 3.05) is 13.2 Å². The van der Waals surface area contributed by atoms with Crippen LogP contribution in [0.3, 0.4) is 0 Å². The van der Waals surface area contributed by atoms with E-state index in [0.29, 0.717) is 29.8 Å². The standard InChI is InChI=1S/C17H21NO6/c1-3-7-22-13-9-12(10-14(11-13)23-8-4-2)17(21)24-18-15(19)5-6-16(18)20/h9-11H,3-8H2,1-2H3. The average molecular weight is 335 g/mol. The second-order valence-electron chi connectivity index (χ2n) is 5.35. The minimum Gasteiger partial charge on any atom is -0.493 e. The molecule has 2 amide bonds. The topological polar surface area (TPSA) is 82.1 Å². The van der Waals surface area contributed by atoms with Crippen molar-refractivity contribution in [1.29, 1.82) is 0 Å². The van der Waals surface area contributed by atoms with Gasteiger partial charge in [-0.1, -0.05) is 13.8 Å². The molecule has 0 aromatic heterocycles. The van der Waals surface area contributed by atoms with Crippen LogP contribution >= 0.6 is 0 Å². The average Bonchev–Trinajstić information content (AvgIpc) is 2.89. The number of hydrogen-bond acceptors (Lipinski definition) is 6. The lowest BCUT2D eigenvalue weighted by Gasteiger charge is -2.14. The Morgan fingerprint density at radius 3 is 1.92 bits per heavy atom. The van der Waals surface area contributed by atoms with E-state index in [0.717, 1.165) is 12.8 Å². The second kappa shape index (κ2) is 8.33. The molecule has 0 N–H and O–H groups in total. The van der Waals surface area contributed by atoms with Crippen molar-refractivity contribution in [3.8, 4) is 11.5 Å². The number of hydrogen-bond donors (Lipinski definition) is 0. The number of hydroxylamine groups is 2. The van der Waals surface area contributed by atoms with Crippen LogP contribution in [0.5, 0.6) is 11.5 Å². The molecule has 0 aliphatic carbocycles. The monoisotopic (exact) mass is 335 g/mol. The van der Waals surface area contributed by atoms with E-state index in [1.807, 2.05) is 13.8 Å².